The van der Waals surface area contributed by atoms with E-state index in [0.717, 1.165) is 31.1 Å². The Labute approximate surface area is 183 Å². The van der Waals surface area contributed by atoms with E-state index < -0.39 is 26.6 Å². The standard InChI is InChI=1S/C20H23BrF2N2O4S/c1-28-18-8-13-4-7-25(12-14(13)9-19(18)29-2)6-3-5-24-30(26,27)20-11-16(22)15(21)10-17(20)23/h8-11,24H,3-7,12H2,1-2H3. The van der Waals surface area contributed by atoms with Gasteiger partial charge >= 0.3 is 0 Å². The minimum atomic E-state index is -4.13. The molecule has 1 heterocycles. The van der Waals surface area contributed by atoms with Gasteiger partial charge in [-0.1, -0.05) is 0 Å². The first kappa shape index (κ1) is 22.9. The third-order valence-electron chi connectivity index (χ3n) is 5.00. The van der Waals surface area contributed by atoms with Gasteiger partial charge in [0, 0.05) is 19.6 Å². The van der Waals surface area contributed by atoms with Gasteiger partial charge in [-0.15, -0.1) is 0 Å². The van der Waals surface area contributed by atoms with Crippen LogP contribution in [0.2, 0.25) is 0 Å². The molecule has 0 fully saturated rings. The average Bonchev–Trinajstić information content (AvgIpc) is 2.72. The zero-order valence-corrected chi connectivity index (χ0v) is 19.1. The van der Waals surface area contributed by atoms with E-state index in [9.17, 15) is 17.2 Å². The smallest absolute Gasteiger partial charge is 0.243 e. The number of sulfonamides is 1. The summed E-state index contributed by atoms with van der Waals surface area (Å²) in [6, 6.07) is 5.43. The Balaban J connectivity index is 1.56. The molecule has 0 spiro atoms. The van der Waals surface area contributed by atoms with Crippen LogP contribution in [0, 0.1) is 11.6 Å². The Morgan fingerprint density at radius 1 is 1.07 bits per heavy atom. The van der Waals surface area contributed by atoms with E-state index >= 15 is 0 Å². The number of nitrogens with one attached hydrogen (secondary N) is 1. The van der Waals surface area contributed by atoms with Crippen molar-refractivity contribution in [1.29, 1.82) is 0 Å². The zero-order valence-electron chi connectivity index (χ0n) is 16.7. The second-order valence-corrected chi connectivity index (χ2v) is 9.54. The summed E-state index contributed by atoms with van der Waals surface area (Å²) in [5.74, 6) is -0.464. The number of hydrogen-bond acceptors (Lipinski definition) is 5. The second kappa shape index (κ2) is 9.59. The van der Waals surface area contributed by atoms with Crippen molar-refractivity contribution in [2.75, 3.05) is 33.9 Å². The molecule has 2 aromatic carbocycles. The lowest BCUT2D eigenvalue weighted by atomic mass is 9.98. The third-order valence-corrected chi connectivity index (χ3v) is 7.09. The van der Waals surface area contributed by atoms with Gasteiger partial charge in [0.1, 0.15) is 16.5 Å². The van der Waals surface area contributed by atoms with Gasteiger partial charge in [-0.2, -0.15) is 0 Å². The molecular formula is C20H23BrF2N2O4S. The maximum atomic E-state index is 13.9. The minimum Gasteiger partial charge on any atom is -0.493 e. The Hall–Kier alpha value is -1.75. The predicted octanol–water partition coefficient (Wildman–Crippen LogP) is 3.47. The van der Waals surface area contributed by atoms with Gasteiger partial charge in [0.05, 0.1) is 18.7 Å². The van der Waals surface area contributed by atoms with Crippen LogP contribution in [-0.2, 0) is 23.0 Å². The molecule has 0 bridgehead atoms. The van der Waals surface area contributed by atoms with Crippen LogP contribution in [0.15, 0.2) is 33.6 Å². The first-order chi connectivity index (χ1) is 14.2. The highest BCUT2D eigenvalue weighted by molar-refractivity contribution is 9.10. The maximum absolute atomic E-state index is 13.9. The molecule has 0 saturated heterocycles. The molecule has 1 N–H and O–H groups in total. The Bertz CT molecular complexity index is 1030. The first-order valence-corrected chi connectivity index (χ1v) is 11.6. The summed E-state index contributed by atoms with van der Waals surface area (Å²) in [5.41, 5.74) is 2.35. The number of benzene rings is 2. The SMILES string of the molecule is COc1cc2c(cc1OC)CN(CCCNS(=O)(=O)c1cc(F)c(Br)cc1F)CC2. The molecule has 164 valence electrons. The molecule has 0 radical (unpaired) electrons. The van der Waals surface area contributed by atoms with Gasteiger partial charge in [0.15, 0.2) is 11.5 Å². The number of rotatable bonds is 8. The van der Waals surface area contributed by atoms with E-state index in [2.05, 4.69) is 25.6 Å². The van der Waals surface area contributed by atoms with Crippen LogP contribution < -0.4 is 14.2 Å². The molecule has 3 rings (SSSR count). The monoisotopic (exact) mass is 504 g/mol. The van der Waals surface area contributed by atoms with Crippen LogP contribution in [0.3, 0.4) is 0 Å². The highest BCUT2D eigenvalue weighted by Gasteiger charge is 2.22. The van der Waals surface area contributed by atoms with Crippen molar-refractivity contribution < 1.29 is 26.7 Å². The summed E-state index contributed by atoms with van der Waals surface area (Å²) in [5, 5.41) is 0. The largest absolute Gasteiger partial charge is 0.493 e. The number of ether oxygens (including phenoxy) is 2. The fourth-order valence-electron chi connectivity index (χ4n) is 3.43. The summed E-state index contributed by atoms with van der Waals surface area (Å²) in [4.78, 5) is 1.51. The third kappa shape index (κ3) is 5.11. The van der Waals surface area contributed by atoms with Crippen molar-refractivity contribution in [3.63, 3.8) is 0 Å². The van der Waals surface area contributed by atoms with Crippen LogP contribution in [0.25, 0.3) is 0 Å². The molecule has 2 aromatic rings. The van der Waals surface area contributed by atoms with E-state index in [0.29, 0.717) is 30.5 Å². The predicted molar refractivity (Wildman–Crippen MR) is 112 cm³/mol. The summed E-state index contributed by atoms with van der Waals surface area (Å²) < 4.78 is 65.1. The summed E-state index contributed by atoms with van der Waals surface area (Å²) in [7, 11) is -0.933. The fraction of sp³-hybridized carbons (Fsp3) is 0.400. The van der Waals surface area contributed by atoms with Crippen LogP contribution in [0.5, 0.6) is 11.5 Å². The van der Waals surface area contributed by atoms with E-state index in [1.54, 1.807) is 14.2 Å². The van der Waals surface area contributed by atoms with Crippen molar-refractivity contribution in [3.05, 3.63) is 51.5 Å². The molecule has 30 heavy (non-hydrogen) atoms. The van der Waals surface area contributed by atoms with Gasteiger partial charge in [-0.3, -0.25) is 4.90 Å². The van der Waals surface area contributed by atoms with Gasteiger partial charge in [-0.05, 0) is 70.7 Å². The zero-order chi connectivity index (χ0) is 21.9. The topological polar surface area (TPSA) is 67.9 Å². The van der Waals surface area contributed by atoms with E-state index in [4.69, 9.17) is 9.47 Å². The van der Waals surface area contributed by atoms with E-state index in [1.165, 1.54) is 5.56 Å². The van der Waals surface area contributed by atoms with Crippen molar-refractivity contribution in [2.24, 2.45) is 0 Å². The van der Waals surface area contributed by atoms with Crippen molar-refractivity contribution in [2.45, 2.75) is 24.3 Å². The summed E-state index contributed by atoms with van der Waals surface area (Å²) >= 11 is 2.83. The molecular weight excluding hydrogens is 482 g/mol. The molecule has 0 amide bonds. The number of fused-ring (bicyclic) bond motifs is 1. The fourth-order valence-corrected chi connectivity index (χ4v) is 4.89. The molecule has 0 unspecified atom stereocenters. The van der Waals surface area contributed by atoms with Crippen LogP contribution in [-0.4, -0.2) is 47.2 Å². The van der Waals surface area contributed by atoms with E-state index in [1.807, 2.05) is 12.1 Å². The molecule has 0 aliphatic carbocycles. The van der Waals surface area contributed by atoms with Gasteiger partial charge in [0.2, 0.25) is 10.0 Å². The minimum absolute atomic E-state index is 0.120. The number of hydrogen-bond donors (Lipinski definition) is 1. The van der Waals surface area contributed by atoms with E-state index in [-0.39, 0.29) is 11.0 Å². The molecule has 1 aliphatic heterocycles. The van der Waals surface area contributed by atoms with Crippen molar-refractivity contribution in [1.82, 2.24) is 9.62 Å². The van der Waals surface area contributed by atoms with Crippen LogP contribution in [0.1, 0.15) is 17.5 Å². The van der Waals surface area contributed by atoms with Gasteiger partial charge < -0.3 is 9.47 Å². The number of methoxy groups -OCH3 is 2. The quantitative estimate of drug-likeness (QED) is 0.440. The van der Waals surface area contributed by atoms with Crippen molar-refractivity contribution in [3.8, 4) is 11.5 Å². The number of nitrogens with zero attached hydrogens (tertiary/aromatic N) is 1. The molecule has 6 nitrogen and oxygen atoms in total. The van der Waals surface area contributed by atoms with Crippen LogP contribution >= 0.6 is 15.9 Å². The molecule has 10 heteroatoms. The van der Waals surface area contributed by atoms with Gasteiger partial charge in [-0.25, -0.2) is 21.9 Å². The molecule has 0 atom stereocenters. The normalized spacial score (nSPS) is 14.4. The summed E-state index contributed by atoms with van der Waals surface area (Å²) in [6.07, 6.45) is 1.38. The maximum Gasteiger partial charge on any atom is 0.243 e. The van der Waals surface area contributed by atoms with Crippen LogP contribution in [0.4, 0.5) is 8.78 Å². The lowest BCUT2D eigenvalue weighted by Gasteiger charge is -2.29. The average molecular weight is 505 g/mol. The van der Waals surface area contributed by atoms with Gasteiger partial charge in [0.25, 0.3) is 0 Å². The molecule has 0 saturated carbocycles. The Morgan fingerprint density at radius 2 is 1.73 bits per heavy atom. The second-order valence-electron chi connectivity index (χ2n) is 6.95. The Morgan fingerprint density at radius 3 is 2.40 bits per heavy atom. The van der Waals surface area contributed by atoms with Crippen molar-refractivity contribution >= 4 is 26.0 Å². The lowest BCUT2D eigenvalue weighted by Crippen LogP contribution is -2.34. The Kier molecular flexibility index (Phi) is 7.33. The highest BCUT2D eigenvalue weighted by atomic mass is 79.9. The molecule has 0 aromatic heterocycles. The molecule has 1 aliphatic rings. The lowest BCUT2D eigenvalue weighted by molar-refractivity contribution is 0.250. The highest BCUT2D eigenvalue weighted by Crippen LogP contribution is 2.33. The number of halogens is 3. The summed E-state index contributed by atoms with van der Waals surface area (Å²) in [6.45, 7) is 2.33. The first-order valence-electron chi connectivity index (χ1n) is 9.35.